The fourth-order valence-corrected chi connectivity index (χ4v) is 2.17. The van der Waals surface area contributed by atoms with E-state index in [1.54, 1.807) is 18.2 Å². The number of nitrogens with zero attached hydrogens (tertiary/aromatic N) is 3. The summed E-state index contributed by atoms with van der Waals surface area (Å²) in [7, 11) is 1.54. The molecule has 110 valence electrons. The fraction of sp³-hybridized carbons (Fsp3) is 0.167. The van der Waals surface area contributed by atoms with Gasteiger partial charge in [0.1, 0.15) is 5.75 Å². The van der Waals surface area contributed by atoms with Crippen LogP contribution in [-0.2, 0) is 4.79 Å². The van der Waals surface area contributed by atoms with E-state index in [1.165, 1.54) is 7.11 Å². The second-order valence-electron chi connectivity index (χ2n) is 3.87. The van der Waals surface area contributed by atoms with Crippen molar-refractivity contribution >= 4 is 35.3 Å². The minimum atomic E-state index is -0.220. The summed E-state index contributed by atoms with van der Waals surface area (Å²) in [5.74, 6) is 0.526. The van der Waals surface area contributed by atoms with Crippen LogP contribution in [0.5, 0.6) is 5.75 Å². The SMILES string of the molecule is COc1ccccc1NC(=O)CSc1nc(N)nc(N)n1. The van der Waals surface area contributed by atoms with Crippen molar-refractivity contribution in [3.8, 4) is 5.75 Å². The van der Waals surface area contributed by atoms with E-state index >= 15 is 0 Å². The Morgan fingerprint density at radius 2 is 1.90 bits per heavy atom. The molecular weight excluding hydrogens is 292 g/mol. The Kier molecular flexibility index (Phi) is 4.77. The highest BCUT2D eigenvalue weighted by Crippen LogP contribution is 2.23. The van der Waals surface area contributed by atoms with Gasteiger partial charge in [0.15, 0.2) is 5.16 Å². The van der Waals surface area contributed by atoms with Crippen molar-refractivity contribution in [1.82, 2.24) is 15.0 Å². The maximum absolute atomic E-state index is 11.9. The molecule has 8 nitrogen and oxygen atoms in total. The van der Waals surface area contributed by atoms with Gasteiger partial charge in [0.05, 0.1) is 18.6 Å². The third-order valence-corrected chi connectivity index (χ3v) is 3.21. The number of thioether (sulfide) groups is 1. The van der Waals surface area contributed by atoms with E-state index in [-0.39, 0.29) is 23.6 Å². The first-order valence-corrected chi connectivity index (χ1v) is 6.89. The summed E-state index contributed by atoms with van der Waals surface area (Å²) in [6, 6.07) is 7.13. The number of aromatic nitrogens is 3. The van der Waals surface area contributed by atoms with Gasteiger partial charge in [-0.2, -0.15) is 15.0 Å². The number of ether oxygens (including phenoxy) is 1. The summed E-state index contributed by atoms with van der Waals surface area (Å²) in [6.07, 6.45) is 0. The summed E-state index contributed by atoms with van der Waals surface area (Å²) in [5.41, 5.74) is 11.5. The zero-order chi connectivity index (χ0) is 15.2. The van der Waals surface area contributed by atoms with Gasteiger partial charge in [-0.1, -0.05) is 23.9 Å². The number of benzene rings is 1. The molecule has 0 bridgehead atoms. The third kappa shape index (κ3) is 4.21. The molecule has 0 unspecified atom stereocenters. The van der Waals surface area contributed by atoms with Crippen LogP contribution in [0.15, 0.2) is 29.4 Å². The topological polar surface area (TPSA) is 129 Å². The highest BCUT2D eigenvalue weighted by Gasteiger charge is 2.09. The molecule has 0 aliphatic heterocycles. The summed E-state index contributed by atoms with van der Waals surface area (Å²) in [6.45, 7) is 0. The number of rotatable bonds is 5. The van der Waals surface area contributed by atoms with Gasteiger partial charge in [-0.25, -0.2) is 0 Å². The minimum absolute atomic E-state index is 0.0233. The number of nitrogens with one attached hydrogen (secondary N) is 1. The zero-order valence-corrected chi connectivity index (χ0v) is 12.1. The van der Waals surface area contributed by atoms with Crippen LogP contribution in [0.3, 0.4) is 0 Å². The van der Waals surface area contributed by atoms with E-state index < -0.39 is 0 Å². The van der Waals surface area contributed by atoms with E-state index in [1.807, 2.05) is 6.07 Å². The van der Waals surface area contributed by atoms with Gasteiger partial charge in [0, 0.05) is 0 Å². The molecule has 1 heterocycles. The molecule has 21 heavy (non-hydrogen) atoms. The number of carbonyl (C=O) groups excluding carboxylic acids is 1. The minimum Gasteiger partial charge on any atom is -0.495 e. The van der Waals surface area contributed by atoms with Crippen LogP contribution in [0, 0.1) is 0 Å². The van der Waals surface area contributed by atoms with E-state index in [2.05, 4.69) is 20.3 Å². The van der Waals surface area contributed by atoms with Crippen molar-refractivity contribution in [3.63, 3.8) is 0 Å². The molecule has 0 saturated heterocycles. The summed E-state index contributed by atoms with van der Waals surface area (Å²) in [5, 5.41) is 3.04. The van der Waals surface area contributed by atoms with Crippen molar-refractivity contribution in [2.75, 3.05) is 29.6 Å². The van der Waals surface area contributed by atoms with Crippen LogP contribution in [0.25, 0.3) is 0 Å². The highest BCUT2D eigenvalue weighted by atomic mass is 32.2. The second-order valence-corrected chi connectivity index (χ2v) is 4.81. The number of nitrogens with two attached hydrogens (primary N) is 2. The molecule has 9 heteroatoms. The van der Waals surface area contributed by atoms with Gasteiger partial charge in [0.25, 0.3) is 0 Å². The Balaban J connectivity index is 1.96. The van der Waals surface area contributed by atoms with E-state index in [0.717, 1.165) is 11.8 Å². The molecule has 0 aliphatic rings. The number of nitrogen functional groups attached to an aromatic ring is 2. The molecule has 0 spiro atoms. The standard InChI is InChI=1S/C12H14N6O2S/c1-20-8-5-3-2-4-7(8)15-9(19)6-21-12-17-10(13)16-11(14)18-12/h2-5H,6H2,1H3,(H,15,19)(H4,13,14,16,17,18). The molecule has 0 radical (unpaired) electrons. The number of anilines is 3. The maximum atomic E-state index is 11.9. The Labute approximate surface area is 125 Å². The molecule has 1 aromatic carbocycles. The summed E-state index contributed by atoms with van der Waals surface area (Å²) < 4.78 is 5.15. The molecule has 2 rings (SSSR count). The van der Waals surface area contributed by atoms with E-state index in [4.69, 9.17) is 16.2 Å². The molecule has 1 aromatic heterocycles. The quantitative estimate of drug-likeness (QED) is 0.691. The lowest BCUT2D eigenvalue weighted by Crippen LogP contribution is -2.15. The number of hydrogen-bond acceptors (Lipinski definition) is 8. The number of methoxy groups -OCH3 is 1. The normalized spacial score (nSPS) is 10.1. The zero-order valence-electron chi connectivity index (χ0n) is 11.2. The van der Waals surface area contributed by atoms with Crippen molar-refractivity contribution in [2.45, 2.75) is 5.16 Å². The van der Waals surface area contributed by atoms with Crippen LogP contribution in [0.1, 0.15) is 0 Å². The van der Waals surface area contributed by atoms with Crippen molar-refractivity contribution in [3.05, 3.63) is 24.3 Å². The Morgan fingerprint density at radius 3 is 2.57 bits per heavy atom. The molecule has 0 atom stereocenters. The Morgan fingerprint density at radius 1 is 1.24 bits per heavy atom. The van der Waals surface area contributed by atoms with Gasteiger partial charge in [-0.15, -0.1) is 0 Å². The third-order valence-electron chi connectivity index (χ3n) is 2.36. The number of amides is 1. The average Bonchev–Trinajstić information content (AvgIpc) is 2.45. The van der Waals surface area contributed by atoms with E-state index in [0.29, 0.717) is 16.6 Å². The molecule has 0 aliphatic carbocycles. The second kappa shape index (κ2) is 6.75. The van der Waals surface area contributed by atoms with Gasteiger partial charge in [-0.3, -0.25) is 4.79 Å². The van der Waals surface area contributed by atoms with E-state index in [9.17, 15) is 4.79 Å². The number of para-hydroxylation sites is 2. The Hall–Kier alpha value is -2.55. The predicted octanol–water partition coefficient (Wildman–Crippen LogP) is 0.775. The lowest BCUT2D eigenvalue weighted by molar-refractivity contribution is -0.113. The lowest BCUT2D eigenvalue weighted by atomic mass is 10.3. The summed E-state index contributed by atoms with van der Waals surface area (Å²) in [4.78, 5) is 23.3. The molecule has 0 fully saturated rings. The fourth-order valence-electron chi connectivity index (χ4n) is 1.52. The Bertz CT molecular complexity index is 631. The van der Waals surface area contributed by atoms with Crippen LogP contribution in [0.4, 0.5) is 17.6 Å². The first-order chi connectivity index (χ1) is 10.1. The van der Waals surface area contributed by atoms with Gasteiger partial charge in [-0.05, 0) is 12.1 Å². The largest absolute Gasteiger partial charge is 0.495 e. The van der Waals surface area contributed by atoms with Crippen LogP contribution in [0.2, 0.25) is 0 Å². The van der Waals surface area contributed by atoms with Crippen molar-refractivity contribution in [2.24, 2.45) is 0 Å². The van der Waals surface area contributed by atoms with Gasteiger partial charge >= 0.3 is 0 Å². The monoisotopic (exact) mass is 306 g/mol. The smallest absolute Gasteiger partial charge is 0.234 e. The number of carbonyl (C=O) groups is 1. The maximum Gasteiger partial charge on any atom is 0.234 e. The van der Waals surface area contributed by atoms with Gasteiger partial charge in [0.2, 0.25) is 17.8 Å². The van der Waals surface area contributed by atoms with Crippen molar-refractivity contribution in [1.29, 1.82) is 0 Å². The van der Waals surface area contributed by atoms with Crippen LogP contribution in [-0.4, -0.2) is 33.7 Å². The average molecular weight is 306 g/mol. The lowest BCUT2D eigenvalue weighted by Gasteiger charge is -2.09. The predicted molar refractivity (Wildman–Crippen MR) is 81.0 cm³/mol. The van der Waals surface area contributed by atoms with Crippen LogP contribution < -0.4 is 21.5 Å². The molecule has 1 amide bonds. The highest BCUT2D eigenvalue weighted by molar-refractivity contribution is 7.99. The summed E-state index contributed by atoms with van der Waals surface area (Å²) >= 11 is 1.11. The van der Waals surface area contributed by atoms with Gasteiger partial charge < -0.3 is 21.5 Å². The first kappa shape index (κ1) is 14.9. The van der Waals surface area contributed by atoms with Crippen LogP contribution >= 0.6 is 11.8 Å². The van der Waals surface area contributed by atoms with Crippen molar-refractivity contribution < 1.29 is 9.53 Å². The molecule has 0 saturated carbocycles. The number of hydrogen-bond donors (Lipinski definition) is 3. The molecule has 2 aromatic rings. The first-order valence-electron chi connectivity index (χ1n) is 5.91. The molecular formula is C12H14N6O2S. The molecule has 5 N–H and O–H groups in total.